The van der Waals surface area contributed by atoms with Gasteiger partial charge in [-0.1, -0.05) is 11.2 Å². The second kappa shape index (κ2) is 4.91. The molecule has 1 amide bonds. The first-order valence-corrected chi connectivity index (χ1v) is 7.58. The van der Waals surface area contributed by atoms with Gasteiger partial charge in [-0.15, -0.1) is 0 Å². The van der Waals surface area contributed by atoms with Gasteiger partial charge in [-0.3, -0.25) is 9.78 Å². The first-order chi connectivity index (χ1) is 10.7. The molecule has 6 nitrogen and oxygen atoms in total. The van der Waals surface area contributed by atoms with Crippen LogP contribution >= 0.6 is 0 Å². The third-order valence-corrected chi connectivity index (χ3v) is 4.76. The normalized spacial score (nSPS) is 27.1. The van der Waals surface area contributed by atoms with Crippen molar-refractivity contribution in [1.82, 2.24) is 15.0 Å². The van der Waals surface area contributed by atoms with Crippen LogP contribution in [0.25, 0.3) is 11.4 Å². The molecule has 4 rings (SSSR count). The highest BCUT2D eigenvalue weighted by molar-refractivity contribution is 5.92. The molecule has 0 bridgehead atoms. The maximum atomic E-state index is 12.5. The van der Waals surface area contributed by atoms with Gasteiger partial charge in [0.2, 0.25) is 5.76 Å². The predicted molar refractivity (Wildman–Crippen MR) is 79.9 cm³/mol. The van der Waals surface area contributed by atoms with Gasteiger partial charge in [0, 0.05) is 31.4 Å². The molecule has 2 aromatic heterocycles. The lowest BCUT2D eigenvalue weighted by Gasteiger charge is -2.43. The van der Waals surface area contributed by atoms with Crippen LogP contribution in [-0.2, 0) is 0 Å². The lowest BCUT2D eigenvalue weighted by molar-refractivity contribution is 0.0666. The Labute approximate surface area is 128 Å². The van der Waals surface area contributed by atoms with Crippen LogP contribution in [-0.4, -0.2) is 40.1 Å². The van der Waals surface area contributed by atoms with E-state index in [1.54, 1.807) is 12.3 Å². The van der Waals surface area contributed by atoms with E-state index in [4.69, 9.17) is 10.3 Å². The summed E-state index contributed by atoms with van der Waals surface area (Å²) < 4.78 is 5.23. The molecule has 114 valence electrons. The van der Waals surface area contributed by atoms with Gasteiger partial charge < -0.3 is 15.2 Å². The Kier molecular flexibility index (Phi) is 3.00. The quantitative estimate of drug-likeness (QED) is 0.912. The first-order valence-electron chi connectivity index (χ1n) is 7.58. The van der Waals surface area contributed by atoms with Crippen molar-refractivity contribution >= 4 is 5.91 Å². The van der Waals surface area contributed by atoms with Gasteiger partial charge in [0.25, 0.3) is 5.91 Å². The Morgan fingerprint density at radius 3 is 2.95 bits per heavy atom. The molecule has 1 saturated carbocycles. The fourth-order valence-corrected chi connectivity index (χ4v) is 3.66. The highest BCUT2D eigenvalue weighted by Crippen LogP contribution is 2.47. The van der Waals surface area contributed by atoms with E-state index >= 15 is 0 Å². The molecule has 1 spiro atoms. The number of likely N-dealkylation sites (tertiary alicyclic amines) is 1. The van der Waals surface area contributed by atoms with Crippen LogP contribution in [0.4, 0.5) is 0 Å². The van der Waals surface area contributed by atoms with E-state index < -0.39 is 0 Å². The molecule has 2 aromatic rings. The molecule has 2 N–H and O–H groups in total. The van der Waals surface area contributed by atoms with Gasteiger partial charge in [-0.2, -0.15) is 0 Å². The van der Waals surface area contributed by atoms with Crippen LogP contribution in [0.1, 0.15) is 29.8 Å². The molecular formula is C16H18N4O2. The Balaban J connectivity index is 1.49. The maximum Gasteiger partial charge on any atom is 0.292 e. The van der Waals surface area contributed by atoms with Crippen LogP contribution < -0.4 is 5.73 Å². The Bertz CT molecular complexity index is 691. The predicted octanol–water partition coefficient (Wildman–Crippen LogP) is 1.69. The zero-order chi connectivity index (χ0) is 15.2. The maximum absolute atomic E-state index is 12.5. The number of aromatic nitrogens is 2. The van der Waals surface area contributed by atoms with Crippen LogP contribution in [0, 0.1) is 5.41 Å². The van der Waals surface area contributed by atoms with E-state index in [2.05, 4.69) is 10.1 Å². The third kappa shape index (κ3) is 2.20. The Morgan fingerprint density at radius 1 is 1.36 bits per heavy atom. The molecule has 0 aromatic carbocycles. The summed E-state index contributed by atoms with van der Waals surface area (Å²) in [5.41, 5.74) is 7.43. The molecule has 2 fully saturated rings. The highest BCUT2D eigenvalue weighted by Gasteiger charge is 2.48. The summed E-state index contributed by atoms with van der Waals surface area (Å²) in [4.78, 5) is 18.6. The van der Waals surface area contributed by atoms with E-state index in [0.29, 0.717) is 17.4 Å². The van der Waals surface area contributed by atoms with Gasteiger partial charge in [-0.05, 0) is 36.8 Å². The topological polar surface area (TPSA) is 85.2 Å². The monoisotopic (exact) mass is 298 g/mol. The summed E-state index contributed by atoms with van der Waals surface area (Å²) >= 11 is 0. The zero-order valence-corrected chi connectivity index (χ0v) is 12.2. The second-order valence-corrected chi connectivity index (χ2v) is 6.44. The molecule has 0 radical (unpaired) electrons. The molecule has 1 saturated heterocycles. The molecule has 0 unspecified atom stereocenters. The number of hydrogen-bond donors (Lipinski definition) is 1. The number of nitrogens with two attached hydrogens (primary N) is 1. The standard InChI is InChI=1S/C16H18N4O2/c17-11-8-16(9-11)4-6-20(10-16)15(21)14-7-13(19-22-14)12-3-1-2-5-18-12/h1-3,5,7,11H,4,6,8-10,17H2/t11-,16-. The summed E-state index contributed by atoms with van der Waals surface area (Å²) in [5, 5.41) is 3.96. The number of carbonyl (C=O) groups excluding carboxylic acids is 1. The summed E-state index contributed by atoms with van der Waals surface area (Å²) in [6.07, 6.45) is 4.77. The highest BCUT2D eigenvalue weighted by atomic mass is 16.5. The molecule has 1 aliphatic heterocycles. The van der Waals surface area contributed by atoms with Crippen molar-refractivity contribution in [2.75, 3.05) is 13.1 Å². The van der Waals surface area contributed by atoms with E-state index in [1.165, 1.54) is 0 Å². The average molecular weight is 298 g/mol. The molecule has 2 aliphatic rings. The summed E-state index contributed by atoms with van der Waals surface area (Å²) in [5.74, 6) is 0.188. The minimum absolute atomic E-state index is 0.0907. The van der Waals surface area contributed by atoms with E-state index in [-0.39, 0.29) is 17.1 Å². The van der Waals surface area contributed by atoms with Gasteiger partial charge in [-0.25, -0.2) is 0 Å². The minimum atomic E-state index is -0.0907. The van der Waals surface area contributed by atoms with Gasteiger partial charge in [0.05, 0.1) is 5.69 Å². The zero-order valence-electron chi connectivity index (χ0n) is 12.2. The van der Waals surface area contributed by atoms with E-state index in [0.717, 1.165) is 32.4 Å². The largest absolute Gasteiger partial charge is 0.350 e. The molecule has 6 heteroatoms. The molecule has 3 heterocycles. The molecular weight excluding hydrogens is 280 g/mol. The van der Waals surface area contributed by atoms with Gasteiger partial charge in [0.15, 0.2) is 0 Å². The van der Waals surface area contributed by atoms with Crippen molar-refractivity contribution in [1.29, 1.82) is 0 Å². The fourth-order valence-electron chi connectivity index (χ4n) is 3.66. The van der Waals surface area contributed by atoms with E-state index in [9.17, 15) is 4.79 Å². The third-order valence-electron chi connectivity index (χ3n) is 4.76. The summed E-state index contributed by atoms with van der Waals surface area (Å²) in [7, 11) is 0. The van der Waals surface area contributed by atoms with E-state index in [1.807, 2.05) is 23.1 Å². The molecule has 1 aliphatic carbocycles. The summed E-state index contributed by atoms with van der Waals surface area (Å²) in [6.45, 7) is 1.55. The number of carbonyl (C=O) groups is 1. The van der Waals surface area contributed by atoms with Crippen molar-refractivity contribution < 1.29 is 9.32 Å². The second-order valence-electron chi connectivity index (χ2n) is 6.44. The van der Waals surface area contributed by atoms with Crippen LogP contribution in [0.15, 0.2) is 35.0 Å². The lowest BCUT2D eigenvalue weighted by atomic mass is 9.65. The van der Waals surface area contributed by atoms with Crippen LogP contribution in [0.2, 0.25) is 0 Å². The van der Waals surface area contributed by atoms with Gasteiger partial charge >= 0.3 is 0 Å². The first kappa shape index (κ1) is 13.5. The van der Waals surface area contributed by atoms with Gasteiger partial charge in [0.1, 0.15) is 5.69 Å². The molecule has 0 atom stereocenters. The van der Waals surface area contributed by atoms with Crippen LogP contribution in [0.5, 0.6) is 0 Å². The van der Waals surface area contributed by atoms with Crippen molar-refractivity contribution in [3.8, 4) is 11.4 Å². The number of hydrogen-bond acceptors (Lipinski definition) is 5. The number of nitrogens with zero attached hydrogens (tertiary/aromatic N) is 3. The van der Waals surface area contributed by atoms with Crippen molar-refractivity contribution in [2.24, 2.45) is 11.1 Å². The van der Waals surface area contributed by atoms with Crippen molar-refractivity contribution in [3.63, 3.8) is 0 Å². The Hall–Kier alpha value is -2.21. The summed E-state index contributed by atoms with van der Waals surface area (Å²) in [6, 6.07) is 7.52. The number of rotatable bonds is 2. The minimum Gasteiger partial charge on any atom is -0.350 e. The fraction of sp³-hybridized carbons (Fsp3) is 0.438. The van der Waals surface area contributed by atoms with Crippen molar-refractivity contribution in [2.45, 2.75) is 25.3 Å². The smallest absolute Gasteiger partial charge is 0.292 e. The van der Waals surface area contributed by atoms with Crippen LogP contribution in [0.3, 0.4) is 0 Å². The molecule has 22 heavy (non-hydrogen) atoms. The Morgan fingerprint density at radius 2 is 2.23 bits per heavy atom. The number of pyridine rings is 1. The lowest BCUT2D eigenvalue weighted by Crippen LogP contribution is -2.48. The SMILES string of the molecule is N[C@H]1C[C@@]2(CCN(C(=O)c3cc(-c4ccccn4)no3)C2)C1. The number of amides is 1. The van der Waals surface area contributed by atoms with Crippen molar-refractivity contribution in [3.05, 3.63) is 36.2 Å². The average Bonchev–Trinajstić information content (AvgIpc) is 3.14.